The van der Waals surface area contributed by atoms with Gasteiger partial charge in [-0.15, -0.1) is 23.2 Å². The van der Waals surface area contributed by atoms with Gasteiger partial charge in [-0.1, -0.05) is 11.6 Å². The fraction of sp³-hybridized carbons (Fsp3) is 0.571. The van der Waals surface area contributed by atoms with Crippen LogP contribution in [0.1, 0.15) is 18.0 Å². The molecule has 0 N–H and O–H groups in total. The van der Waals surface area contributed by atoms with Crippen LogP contribution in [0.25, 0.3) is 0 Å². The topological polar surface area (TPSA) is 17.8 Å². The Kier molecular flexibility index (Phi) is 1.83. The third-order valence-corrected chi connectivity index (χ3v) is 3.21. The Balaban J connectivity index is 2.26. The van der Waals surface area contributed by atoms with Crippen molar-refractivity contribution in [3.63, 3.8) is 0 Å². The molecule has 1 fully saturated rings. The van der Waals surface area contributed by atoms with Crippen LogP contribution < -0.4 is 0 Å². The molecular formula is C7H7Cl3N2. The van der Waals surface area contributed by atoms with E-state index in [0.717, 1.165) is 12.1 Å². The molecule has 5 heteroatoms. The minimum absolute atomic E-state index is 0.152. The monoisotopic (exact) mass is 224 g/mol. The molecule has 2 rings (SSSR count). The Morgan fingerprint density at radius 2 is 2.25 bits per heavy atom. The summed E-state index contributed by atoms with van der Waals surface area (Å²) in [5.74, 6) is 0.152. The molecule has 0 radical (unpaired) electrons. The predicted octanol–water partition coefficient (Wildman–Crippen LogP) is 2.73. The average Bonchev–Trinajstić information content (AvgIpc) is 2.45. The molecule has 66 valence electrons. The van der Waals surface area contributed by atoms with Crippen LogP contribution in [0.2, 0.25) is 5.15 Å². The van der Waals surface area contributed by atoms with Crippen LogP contribution in [0.3, 0.4) is 0 Å². The summed E-state index contributed by atoms with van der Waals surface area (Å²) in [6.45, 7) is 0. The molecule has 1 aromatic rings. The maximum absolute atomic E-state index is 5.88. The summed E-state index contributed by atoms with van der Waals surface area (Å²) in [6.07, 6.45) is 0.767. The molecule has 0 saturated heterocycles. The second-order valence-corrected chi connectivity index (χ2v) is 4.96. The lowest BCUT2D eigenvalue weighted by molar-refractivity contribution is 0.743. The Morgan fingerprint density at radius 1 is 1.67 bits per heavy atom. The van der Waals surface area contributed by atoms with Gasteiger partial charge in [0.05, 0.1) is 5.69 Å². The molecule has 1 heterocycles. The van der Waals surface area contributed by atoms with Gasteiger partial charge in [0.15, 0.2) is 0 Å². The van der Waals surface area contributed by atoms with E-state index in [2.05, 4.69) is 5.10 Å². The van der Waals surface area contributed by atoms with Gasteiger partial charge in [0, 0.05) is 13.0 Å². The van der Waals surface area contributed by atoms with Crippen molar-refractivity contribution in [3.05, 3.63) is 16.9 Å². The summed E-state index contributed by atoms with van der Waals surface area (Å²) in [4.78, 5) is 0. The molecule has 12 heavy (non-hydrogen) atoms. The van der Waals surface area contributed by atoms with E-state index in [1.54, 1.807) is 17.8 Å². The van der Waals surface area contributed by atoms with Crippen molar-refractivity contribution in [2.24, 2.45) is 7.05 Å². The van der Waals surface area contributed by atoms with Gasteiger partial charge in [0.2, 0.25) is 0 Å². The van der Waals surface area contributed by atoms with E-state index in [-0.39, 0.29) is 5.92 Å². The van der Waals surface area contributed by atoms with Crippen LogP contribution in [0.15, 0.2) is 6.07 Å². The molecule has 1 atom stereocenters. The Bertz CT molecular complexity index is 299. The number of hydrogen-bond acceptors (Lipinski definition) is 1. The van der Waals surface area contributed by atoms with Gasteiger partial charge in [-0.25, -0.2) is 0 Å². The Labute approximate surface area is 85.4 Å². The fourth-order valence-corrected chi connectivity index (χ4v) is 1.85. The first-order chi connectivity index (χ1) is 5.50. The zero-order valence-electron chi connectivity index (χ0n) is 6.39. The molecule has 2 nitrogen and oxygen atoms in total. The van der Waals surface area contributed by atoms with Crippen molar-refractivity contribution in [1.82, 2.24) is 9.78 Å². The molecule has 1 aliphatic carbocycles. The first kappa shape index (κ1) is 8.67. The number of aryl methyl sites for hydroxylation is 1. The van der Waals surface area contributed by atoms with Crippen LogP contribution >= 0.6 is 34.8 Å². The molecular weight excluding hydrogens is 218 g/mol. The van der Waals surface area contributed by atoms with Gasteiger partial charge in [-0.05, 0) is 12.5 Å². The van der Waals surface area contributed by atoms with Crippen molar-refractivity contribution in [3.8, 4) is 0 Å². The largest absolute Gasteiger partial charge is 0.257 e. The van der Waals surface area contributed by atoms with Gasteiger partial charge in [0.25, 0.3) is 0 Å². The normalized spacial score (nSPS) is 25.8. The quantitative estimate of drug-likeness (QED) is 0.672. The minimum Gasteiger partial charge on any atom is -0.257 e. The SMILES string of the molecule is Cn1nc(C2CC2(Cl)Cl)cc1Cl. The van der Waals surface area contributed by atoms with E-state index < -0.39 is 4.33 Å². The molecule has 0 aliphatic heterocycles. The molecule has 0 bridgehead atoms. The van der Waals surface area contributed by atoms with E-state index in [4.69, 9.17) is 34.8 Å². The summed E-state index contributed by atoms with van der Waals surface area (Å²) < 4.78 is 0.997. The molecule has 0 spiro atoms. The van der Waals surface area contributed by atoms with Gasteiger partial charge >= 0.3 is 0 Å². The smallest absolute Gasteiger partial charge is 0.127 e. The molecule has 1 aliphatic rings. The van der Waals surface area contributed by atoms with Crippen molar-refractivity contribution in [2.45, 2.75) is 16.7 Å². The molecule has 1 unspecified atom stereocenters. The molecule has 1 aromatic heterocycles. The number of rotatable bonds is 1. The third kappa shape index (κ3) is 1.32. The van der Waals surface area contributed by atoms with E-state index in [1.165, 1.54) is 0 Å². The van der Waals surface area contributed by atoms with Crippen LogP contribution in [0.5, 0.6) is 0 Å². The molecule has 1 saturated carbocycles. The first-order valence-electron chi connectivity index (χ1n) is 3.58. The van der Waals surface area contributed by atoms with Crippen LogP contribution in [0, 0.1) is 0 Å². The highest BCUT2D eigenvalue weighted by atomic mass is 35.5. The summed E-state index contributed by atoms with van der Waals surface area (Å²) in [7, 11) is 1.79. The fourth-order valence-electron chi connectivity index (χ4n) is 1.17. The van der Waals surface area contributed by atoms with Crippen LogP contribution in [-0.4, -0.2) is 14.1 Å². The highest BCUT2D eigenvalue weighted by molar-refractivity contribution is 6.51. The van der Waals surface area contributed by atoms with E-state index in [0.29, 0.717) is 5.15 Å². The zero-order valence-corrected chi connectivity index (χ0v) is 8.66. The second-order valence-electron chi connectivity index (χ2n) is 3.03. The van der Waals surface area contributed by atoms with Crippen molar-refractivity contribution in [1.29, 1.82) is 0 Å². The van der Waals surface area contributed by atoms with Gasteiger partial charge in [-0.3, -0.25) is 4.68 Å². The summed E-state index contributed by atoms with van der Waals surface area (Å²) >= 11 is 17.6. The van der Waals surface area contributed by atoms with Crippen molar-refractivity contribution in [2.75, 3.05) is 0 Å². The lowest BCUT2D eigenvalue weighted by atomic mass is 10.3. The number of halogens is 3. The van der Waals surface area contributed by atoms with E-state index in [9.17, 15) is 0 Å². The Morgan fingerprint density at radius 3 is 2.58 bits per heavy atom. The number of nitrogens with zero attached hydrogens (tertiary/aromatic N) is 2. The third-order valence-electron chi connectivity index (χ3n) is 2.02. The maximum atomic E-state index is 5.88. The zero-order chi connectivity index (χ0) is 8.93. The molecule has 0 amide bonds. The standard InChI is InChI=1S/C7H7Cl3N2/c1-12-6(8)2-5(11-12)4-3-7(4,9)10/h2,4H,3H2,1H3. The van der Waals surface area contributed by atoms with Crippen LogP contribution in [-0.2, 0) is 7.05 Å². The van der Waals surface area contributed by atoms with E-state index in [1.807, 2.05) is 0 Å². The highest BCUT2D eigenvalue weighted by Crippen LogP contribution is 2.59. The van der Waals surface area contributed by atoms with Crippen molar-refractivity contribution >= 4 is 34.8 Å². The summed E-state index contributed by atoms with van der Waals surface area (Å²) in [6, 6.07) is 1.80. The Hall–Kier alpha value is 0.0800. The number of hydrogen-bond donors (Lipinski definition) is 0. The number of alkyl halides is 2. The van der Waals surface area contributed by atoms with Gasteiger partial charge in [-0.2, -0.15) is 5.10 Å². The van der Waals surface area contributed by atoms with Gasteiger partial charge in [0.1, 0.15) is 9.49 Å². The average molecular weight is 226 g/mol. The first-order valence-corrected chi connectivity index (χ1v) is 4.71. The predicted molar refractivity (Wildman–Crippen MR) is 50.0 cm³/mol. The number of aromatic nitrogens is 2. The minimum atomic E-state index is -0.613. The second kappa shape index (κ2) is 2.53. The molecule has 0 aromatic carbocycles. The highest BCUT2D eigenvalue weighted by Gasteiger charge is 2.53. The summed E-state index contributed by atoms with van der Waals surface area (Å²) in [5.41, 5.74) is 0.882. The van der Waals surface area contributed by atoms with E-state index >= 15 is 0 Å². The lowest BCUT2D eigenvalue weighted by Gasteiger charge is -1.93. The van der Waals surface area contributed by atoms with Crippen molar-refractivity contribution < 1.29 is 0 Å². The van der Waals surface area contributed by atoms with Gasteiger partial charge < -0.3 is 0 Å². The van der Waals surface area contributed by atoms with Crippen LogP contribution in [0.4, 0.5) is 0 Å². The summed E-state index contributed by atoms with van der Waals surface area (Å²) in [5, 5.41) is 4.80. The maximum Gasteiger partial charge on any atom is 0.127 e. The lowest BCUT2D eigenvalue weighted by Crippen LogP contribution is -1.94.